The van der Waals surface area contributed by atoms with Crippen molar-refractivity contribution in [1.82, 2.24) is 10.6 Å². The SMILES string of the molecule is CCNC(=NCc1ccc(C(=O)OC)c(OC)c1)NCc1ccccc1.I. The van der Waals surface area contributed by atoms with Crippen LogP contribution in [0.2, 0.25) is 0 Å². The van der Waals surface area contributed by atoms with Gasteiger partial charge in [-0.1, -0.05) is 36.4 Å². The number of hydrogen-bond acceptors (Lipinski definition) is 4. The third-order valence-corrected chi connectivity index (χ3v) is 3.74. The molecule has 2 N–H and O–H groups in total. The molecule has 2 rings (SSSR count). The van der Waals surface area contributed by atoms with Gasteiger partial charge in [-0.15, -0.1) is 24.0 Å². The van der Waals surface area contributed by atoms with Gasteiger partial charge in [0.15, 0.2) is 5.96 Å². The average Bonchev–Trinajstić information content (AvgIpc) is 2.70. The number of hydrogen-bond donors (Lipinski definition) is 2. The first-order chi connectivity index (χ1) is 12.7. The van der Waals surface area contributed by atoms with Crippen LogP contribution in [0, 0.1) is 0 Å². The van der Waals surface area contributed by atoms with Gasteiger partial charge in [-0.25, -0.2) is 9.79 Å². The van der Waals surface area contributed by atoms with Crippen LogP contribution in [0.5, 0.6) is 5.75 Å². The van der Waals surface area contributed by atoms with E-state index in [9.17, 15) is 4.79 Å². The molecule has 0 saturated carbocycles. The van der Waals surface area contributed by atoms with Gasteiger partial charge in [0.25, 0.3) is 0 Å². The maximum Gasteiger partial charge on any atom is 0.341 e. The highest BCUT2D eigenvalue weighted by Crippen LogP contribution is 2.21. The minimum atomic E-state index is -0.422. The Labute approximate surface area is 177 Å². The van der Waals surface area contributed by atoms with Crippen LogP contribution < -0.4 is 15.4 Å². The maximum atomic E-state index is 11.7. The summed E-state index contributed by atoms with van der Waals surface area (Å²) in [5.41, 5.74) is 2.52. The number of rotatable bonds is 7. The highest BCUT2D eigenvalue weighted by atomic mass is 127. The molecule has 0 amide bonds. The van der Waals surface area contributed by atoms with E-state index in [-0.39, 0.29) is 24.0 Å². The summed E-state index contributed by atoms with van der Waals surface area (Å²) in [5.74, 6) is 0.786. The van der Waals surface area contributed by atoms with Crippen molar-refractivity contribution in [3.63, 3.8) is 0 Å². The molecule has 0 fully saturated rings. The van der Waals surface area contributed by atoms with Crippen molar-refractivity contribution in [2.45, 2.75) is 20.0 Å². The fourth-order valence-corrected chi connectivity index (χ4v) is 2.41. The summed E-state index contributed by atoms with van der Waals surface area (Å²) in [6, 6.07) is 15.5. The summed E-state index contributed by atoms with van der Waals surface area (Å²) in [4.78, 5) is 16.3. The third kappa shape index (κ3) is 7.09. The molecule has 0 saturated heterocycles. The smallest absolute Gasteiger partial charge is 0.341 e. The Morgan fingerprint density at radius 3 is 2.41 bits per heavy atom. The molecule has 0 aliphatic rings. The molecule has 0 aromatic heterocycles. The van der Waals surface area contributed by atoms with Crippen molar-refractivity contribution in [3.05, 3.63) is 65.2 Å². The summed E-state index contributed by atoms with van der Waals surface area (Å²) in [6.07, 6.45) is 0. The zero-order valence-electron chi connectivity index (χ0n) is 15.8. The number of halogens is 1. The lowest BCUT2D eigenvalue weighted by atomic mass is 10.1. The summed E-state index contributed by atoms with van der Waals surface area (Å²) >= 11 is 0. The molecule has 2 aromatic rings. The van der Waals surface area contributed by atoms with E-state index < -0.39 is 5.97 Å². The van der Waals surface area contributed by atoms with Gasteiger partial charge in [-0.05, 0) is 30.2 Å². The maximum absolute atomic E-state index is 11.7. The van der Waals surface area contributed by atoms with Gasteiger partial charge in [-0.2, -0.15) is 0 Å². The van der Waals surface area contributed by atoms with Gasteiger partial charge in [0.2, 0.25) is 0 Å². The highest BCUT2D eigenvalue weighted by Gasteiger charge is 2.13. The van der Waals surface area contributed by atoms with E-state index in [4.69, 9.17) is 9.47 Å². The first kappa shape index (κ1) is 22.8. The Kier molecular flexibility index (Phi) is 10.2. The molecule has 0 bridgehead atoms. The van der Waals surface area contributed by atoms with Crippen molar-refractivity contribution in [1.29, 1.82) is 0 Å². The van der Waals surface area contributed by atoms with Gasteiger partial charge in [0.1, 0.15) is 11.3 Å². The minimum Gasteiger partial charge on any atom is -0.496 e. The van der Waals surface area contributed by atoms with Crippen LogP contribution in [0.15, 0.2) is 53.5 Å². The van der Waals surface area contributed by atoms with Crippen molar-refractivity contribution < 1.29 is 14.3 Å². The first-order valence-electron chi connectivity index (χ1n) is 8.49. The van der Waals surface area contributed by atoms with Gasteiger partial charge < -0.3 is 20.1 Å². The van der Waals surface area contributed by atoms with Crippen LogP contribution in [0.4, 0.5) is 0 Å². The van der Waals surface area contributed by atoms with Gasteiger partial charge >= 0.3 is 5.97 Å². The van der Waals surface area contributed by atoms with Crippen LogP contribution in [0.3, 0.4) is 0 Å². The molecule has 0 radical (unpaired) electrons. The Balaban J connectivity index is 0.00000364. The monoisotopic (exact) mass is 483 g/mol. The van der Waals surface area contributed by atoms with Gasteiger partial charge in [-0.3, -0.25) is 0 Å². The molecule has 7 heteroatoms. The Hall–Kier alpha value is -2.29. The predicted molar refractivity (Wildman–Crippen MR) is 118 cm³/mol. The summed E-state index contributed by atoms with van der Waals surface area (Å²) < 4.78 is 10.0. The van der Waals surface area contributed by atoms with E-state index >= 15 is 0 Å². The second-order valence-electron chi connectivity index (χ2n) is 5.56. The molecule has 6 nitrogen and oxygen atoms in total. The Morgan fingerprint density at radius 2 is 1.78 bits per heavy atom. The quantitative estimate of drug-likeness (QED) is 0.274. The number of carbonyl (C=O) groups excluding carboxylic acids is 1. The van der Waals surface area contributed by atoms with Crippen LogP contribution in [0.25, 0.3) is 0 Å². The topological polar surface area (TPSA) is 72.0 Å². The number of nitrogens with zero attached hydrogens (tertiary/aromatic N) is 1. The molecule has 2 aromatic carbocycles. The molecule has 0 unspecified atom stereocenters. The minimum absolute atomic E-state index is 0. The Bertz CT molecular complexity index is 751. The van der Waals surface area contributed by atoms with Crippen molar-refractivity contribution >= 4 is 35.9 Å². The van der Waals surface area contributed by atoms with E-state index in [1.54, 1.807) is 12.1 Å². The first-order valence-corrected chi connectivity index (χ1v) is 8.49. The number of esters is 1. The van der Waals surface area contributed by atoms with E-state index in [1.165, 1.54) is 19.8 Å². The predicted octanol–water partition coefficient (Wildman–Crippen LogP) is 3.36. The molecule has 0 atom stereocenters. The van der Waals surface area contributed by atoms with E-state index in [0.29, 0.717) is 24.4 Å². The Morgan fingerprint density at radius 1 is 1.04 bits per heavy atom. The third-order valence-electron chi connectivity index (χ3n) is 3.74. The summed E-state index contributed by atoms with van der Waals surface area (Å²) in [6.45, 7) is 3.94. The molecule has 27 heavy (non-hydrogen) atoms. The summed E-state index contributed by atoms with van der Waals surface area (Å²) in [5, 5.41) is 6.53. The van der Waals surface area contributed by atoms with E-state index in [1.807, 2.05) is 31.2 Å². The van der Waals surface area contributed by atoms with Crippen LogP contribution in [-0.4, -0.2) is 32.7 Å². The number of carbonyl (C=O) groups is 1. The van der Waals surface area contributed by atoms with Crippen molar-refractivity contribution in [2.24, 2.45) is 4.99 Å². The van der Waals surface area contributed by atoms with Crippen molar-refractivity contribution in [3.8, 4) is 5.75 Å². The molecule has 0 aliphatic heterocycles. The lowest BCUT2D eigenvalue weighted by molar-refractivity contribution is 0.0597. The van der Waals surface area contributed by atoms with E-state index in [0.717, 1.165) is 18.1 Å². The number of nitrogens with one attached hydrogen (secondary N) is 2. The lowest BCUT2D eigenvalue weighted by Gasteiger charge is -2.12. The largest absolute Gasteiger partial charge is 0.496 e. The second kappa shape index (κ2) is 12.2. The molecule has 0 aliphatic carbocycles. The molecule has 146 valence electrons. The van der Waals surface area contributed by atoms with Crippen LogP contribution >= 0.6 is 24.0 Å². The molecule has 0 heterocycles. The zero-order chi connectivity index (χ0) is 18.8. The molecular formula is C20H26IN3O3. The average molecular weight is 483 g/mol. The van der Waals surface area contributed by atoms with Crippen molar-refractivity contribution in [2.75, 3.05) is 20.8 Å². The van der Waals surface area contributed by atoms with E-state index in [2.05, 4.69) is 27.8 Å². The highest BCUT2D eigenvalue weighted by molar-refractivity contribution is 14.0. The molecule has 0 spiro atoms. The van der Waals surface area contributed by atoms with Gasteiger partial charge in [0, 0.05) is 13.1 Å². The fraction of sp³-hybridized carbons (Fsp3) is 0.300. The lowest BCUT2D eigenvalue weighted by Crippen LogP contribution is -2.36. The van der Waals surface area contributed by atoms with Crippen LogP contribution in [0.1, 0.15) is 28.4 Å². The fourth-order valence-electron chi connectivity index (χ4n) is 2.41. The number of methoxy groups -OCH3 is 2. The molecular weight excluding hydrogens is 457 g/mol. The second-order valence-corrected chi connectivity index (χ2v) is 5.56. The standard InChI is InChI=1S/C20H25N3O3.HI/c1-4-21-20(22-13-15-8-6-5-7-9-15)23-14-16-10-11-17(19(24)26-3)18(12-16)25-2;/h5-12H,4,13-14H2,1-3H3,(H2,21,22,23);1H. The zero-order valence-corrected chi connectivity index (χ0v) is 18.2. The summed E-state index contributed by atoms with van der Waals surface area (Å²) in [7, 11) is 2.88. The number of benzene rings is 2. The number of guanidine groups is 1. The number of aliphatic imine (C=N–C) groups is 1. The van der Waals surface area contributed by atoms with Gasteiger partial charge in [0.05, 0.1) is 20.8 Å². The number of ether oxygens (including phenoxy) is 2. The normalized spacial score (nSPS) is 10.6. The van der Waals surface area contributed by atoms with Crippen LogP contribution in [-0.2, 0) is 17.8 Å².